The number of hydrogen-bond acceptors (Lipinski definition) is 2. The van der Waals surface area contributed by atoms with Gasteiger partial charge in [-0.2, -0.15) is 0 Å². The second-order valence-corrected chi connectivity index (χ2v) is 2.24. The minimum atomic E-state index is -1.09. The van der Waals surface area contributed by atoms with Crippen LogP contribution >= 0.6 is 0 Å². The van der Waals surface area contributed by atoms with Gasteiger partial charge in [-0.1, -0.05) is 0 Å². The Morgan fingerprint density at radius 3 is 2.09 bits per heavy atom. The number of hydrogen-bond donors (Lipinski definition) is 2. The third kappa shape index (κ3) is 2.45. The van der Waals surface area contributed by atoms with Crippen molar-refractivity contribution in [1.29, 1.82) is 5.41 Å². The van der Waals surface area contributed by atoms with E-state index in [-0.39, 0.29) is 5.96 Å². The minimum Gasteiger partial charge on any atom is -0.465 e. The van der Waals surface area contributed by atoms with Crippen LogP contribution in [0, 0.1) is 5.41 Å². The Labute approximate surface area is 65.7 Å². The summed E-state index contributed by atoms with van der Waals surface area (Å²) in [5.41, 5.74) is 0. The number of nitrogens with one attached hydrogen (secondary N) is 1. The van der Waals surface area contributed by atoms with Crippen LogP contribution < -0.4 is 0 Å². The van der Waals surface area contributed by atoms with Gasteiger partial charge in [0.15, 0.2) is 0 Å². The Kier molecular flexibility index (Phi) is 3.36. The standard InChI is InChI=1S/C6H13N3O2/c1-4-9(6(10)11)5(7)8(2)3/h7H,4H2,1-3H3,(H,10,11). The van der Waals surface area contributed by atoms with Crippen molar-refractivity contribution in [3.63, 3.8) is 0 Å². The molecule has 0 aliphatic rings. The first-order valence-electron chi connectivity index (χ1n) is 3.27. The molecule has 0 aliphatic heterocycles. The van der Waals surface area contributed by atoms with Gasteiger partial charge in [-0.25, -0.2) is 9.69 Å². The molecule has 11 heavy (non-hydrogen) atoms. The molecule has 0 bridgehead atoms. The highest BCUT2D eigenvalue weighted by Crippen LogP contribution is 1.92. The summed E-state index contributed by atoms with van der Waals surface area (Å²) in [6.45, 7) is 1.98. The lowest BCUT2D eigenvalue weighted by molar-refractivity contribution is 0.166. The van der Waals surface area contributed by atoms with E-state index >= 15 is 0 Å². The van der Waals surface area contributed by atoms with Gasteiger partial charge in [-0.3, -0.25) is 5.41 Å². The lowest BCUT2D eigenvalue weighted by Gasteiger charge is -2.22. The molecule has 0 spiro atoms. The van der Waals surface area contributed by atoms with Crippen molar-refractivity contribution in [2.75, 3.05) is 20.6 Å². The average Bonchev–Trinajstić information content (AvgIpc) is 1.88. The first kappa shape index (κ1) is 9.74. The molecule has 0 saturated heterocycles. The van der Waals surface area contributed by atoms with Gasteiger partial charge in [-0.05, 0) is 6.92 Å². The van der Waals surface area contributed by atoms with Crippen LogP contribution in [-0.4, -0.2) is 47.6 Å². The number of nitrogens with zero attached hydrogens (tertiary/aromatic N) is 2. The lowest BCUT2D eigenvalue weighted by atomic mass is 10.6. The van der Waals surface area contributed by atoms with E-state index in [0.29, 0.717) is 6.54 Å². The van der Waals surface area contributed by atoms with Gasteiger partial charge in [0.1, 0.15) is 0 Å². The average molecular weight is 159 g/mol. The molecule has 0 heterocycles. The lowest BCUT2D eigenvalue weighted by Crippen LogP contribution is -2.42. The van der Waals surface area contributed by atoms with Crippen molar-refractivity contribution in [3.8, 4) is 0 Å². The number of carbonyl (C=O) groups is 1. The van der Waals surface area contributed by atoms with Crippen molar-refractivity contribution in [2.45, 2.75) is 6.92 Å². The first-order valence-corrected chi connectivity index (χ1v) is 3.27. The Balaban J connectivity index is 4.27. The van der Waals surface area contributed by atoms with E-state index in [4.69, 9.17) is 10.5 Å². The van der Waals surface area contributed by atoms with Crippen molar-refractivity contribution in [3.05, 3.63) is 0 Å². The van der Waals surface area contributed by atoms with E-state index in [1.807, 2.05) is 0 Å². The number of guanidine groups is 1. The van der Waals surface area contributed by atoms with E-state index in [0.717, 1.165) is 4.90 Å². The second-order valence-electron chi connectivity index (χ2n) is 2.24. The number of carboxylic acid groups (broad SMARTS) is 1. The first-order chi connectivity index (χ1) is 5.00. The Morgan fingerprint density at radius 2 is 2.00 bits per heavy atom. The molecular weight excluding hydrogens is 146 g/mol. The largest absolute Gasteiger partial charge is 0.465 e. The van der Waals surface area contributed by atoms with Crippen LogP contribution in [0.1, 0.15) is 6.92 Å². The van der Waals surface area contributed by atoms with E-state index in [1.54, 1.807) is 21.0 Å². The molecule has 0 radical (unpaired) electrons. The van der Waals surface area contributed by atoms with Gasteiger partial charge in [0.05, 0.1) is 0 Å². The minimum absolute atomic E-state index is 0.0139. The maximum atomic E-state index is 10.4. The Morgan fingerprint density at radius 1 is 1.55 bits per heavy atom. The Bertz CT molecular complexity index is 167. The molecule has 0 aromatic rings. The summed E-state index contributed by atoms with van der Waals surface area (Å²) in [6, 6.07) is 0. The van der Waals surface area contributed by atoms with Crippen LogP contribution in [0.5, 0.6) is 0 Å². The molecule has 1 amide bonds. The fourth-order valence-electron chi connectivity index (χ4n) is 0.617. The fraction of sp³-hybridized carbons (Fsp3) is 0.667. The normalized spacial score (nSPS) is 9.00. The highest BCUT2D eigenvalue weighted by atomic mass is 16.4. The SMILES string of the molecule is CCN(C(=N)N(C)C)C(=O)O. The van der Waals surface area contributed by atoms with Crippen molar-refractivity contribution >= 4 is 12.1 Å². The van der Waals surface area contributed by atoms with Crippen molar-refractivity contribution in [1.82, 2.24) is 9.80 Å². The van der Waals surface area contributed by atoms with Crippen LogP contribution in [0.15, 0.2) is 0 Å². The molecule has 0 saturated carbocycles. The smallest absolute Gasteiger partial charge is 0.414 e. The topological polar surface area (TPSA) is 67.6 Å². The molecule has 0 aromatic carbocycles. The molecular formula is C6H13N3O2. The molecule has 64 valence electrons. The summed E-state index contributed by atoms with van der Waals surface area (Å²) in [4.78, 5) is 12.8. The summed E-state index contributed by atoms with van der Waals surface area (Å²) in [5, 5.41) is 15.9. The number of rotatable bonds is 1. The van der Waals surface area contributed by atoms with Gasteiger partial charge < -0.3 is 10.0 Å². The zero-order valence-electron chi connectivity index (χ0n) is 6.96. The predicted molar refractivity (Wildman–Crippen MR) is 41.8 cm³/mol. The molecule has 0 aromatic heterocycles. The maximum Gasteiger partial charge on any atom is 0.414 e. The van der Waals surface area contributed by atoms with Gasteiger partial charge in [-0.15, -0.1) is 0 Å². The summed E-state index contributed by atoms with van der Waals surface area (Å²) >= 11 is 0. The highest BCUT2D eigenvalue weighted by Gasteiger charge is 2.15. The molecule has 5 heteroatoms. The van der Waals surface area contributed by atoms with Crippen LogP contribution in [0.2, 0.25) is 0 Å². The summed E-state index contributed by atoms with van der Waals surface area (Å²) in [6.07, 6.45) is -1.09. The molecule has 5 nitrogen and oxygen atoms in total. The van der Waals surface area contributed by atoms with E-state index in [9.17, 15) is 4.79 Å². The zero-order chi connectivity index (χ0) is 9.02. The van der Waals surface area contributed by atoms with Crippen LogP contribution in [0.3, 0.4) is 0 Å². The Hall–Kier alpha value is -1.26. The summed E-state index contributed by atoms with van der Waals surface area (Å²) in [7, 11) is 3.27. The summed E-state index contributed by atoms with van der Waals surface area (Å²) < 4.78 is 0. The summed E-state index contributed by atoms with van der Waals surface area (Å²) in [5.74, 6) is -0.0139. The molecule has 0 aliphatic carbocycles. The van der Waals surface area contributed by atoms with Crippen molar-refractivity contribution in [2.24, 2.45) is 0 Å². The van der Waals surface area contributed by atoms with Crippen LogP contribution in [0.4, 0.5) is 4.79 Å². The van der Waals surface area contributed by atoms with Gasteiger partial charge in [0.25, 0.3) is 0 Å². The maximum absolute atomic E-state index is 10.4. The third-order valence-corrected chi connectivity index (χ3v) is 1.23. The van der Waals surface area contributed by atoms with E-state index < -0.39 is 6.09 Å². The molecule has 2 N–H and O–H groups in total. The highest BCUT2D eigenvalue weighted by molar-refractivity contribution is 5.91. The monoisotopic (exact) mass is 159 g/mol. The zero-order valence-corrected chi connectivity index (χ0v) is 6.96. The van der Waals surface area contributed by atoms with Gasteiger partial charge in [0, 0.05) is 20.6 Å². The molecule has 0 rings (SSSR count). The fourth-order valence-corrected chi connectivity index (χ4v) is 0.617. The second kappa shape index (κ2) is 3.80. The molecule has 0 atom stereocenters. The molecule has 0 unspecified atom stereocenters. The predicted octanol–water partition coefficient (Wildman–Crippen LogP) is 0.483. The molecule has 0 fully saturated rings. The van der Waals surface area contributed by atoms with Gasteiger partial charge in [0.2, 0.25) is 5.96 Å². The van der Waals surface area contributed by atoms with Crippen LogP contribution in [0.25, 0.3) is 0 Å². The van der Waals surface area contributed by atoms with Crippen molar-refractivity contribution < 1.29 is 9.90 Å². The third-order valence-electron chi connectivity index (χ3n) is 1.23. The quantitative estimate of drug-likeness (QED) is 0.432. The van der Waals surface area contributed by atoms with E-state index in [1.165, 1.54) is 4.90 Å². The van der Waals surface area contributed by atoms with E-state index in [2.05, 4.69) is 0 Å². The number of amides is 1. The van der Waals surface area contributed by atoms with Gasteiger partial charge >= 0.3 is 6.09 Å². The van der Waals surface area contributed by atoms with Crippen LogP contribution in [-0.2, 0) is 0 Å².